The molecule has 0 spiro atoms. The molecule has 0 fully saturated rings. The van der Waals surface area contributed by atoms with Gasteiger partial charge in [0, 0.05) is 0 Å². The summed E-state index contributed by atoms with van der Waals surface area (Å²) in [5.74, 6) is 0. The van der Waals surface area contributed by atoms with Crippen LogP contribution in [0.15, 0.2) is 0 Å². The maximum absolute atomic E-state index is 5.49. The number of nitrogen functional groups attached to an aromatic ring is 1. The summed E-state index contributed by atoms with van der Waals surface area (Å²) in [6.07, 6.45) is 0.992. The fourth-order valence-electron chi connectivity index (χ4n) is 1.25. The first-order valence-corrected chi connectivity index (χ1v) is 5.49. The first-order chi connectivity index (χ1) is 6.26. The van der Waals surface area contributed by atoms with E-state index in [0.29, 0.717) is 5.13 Å². The van der Waals surface area contributed by atoms with Crippen molar-refractivity contribution in [1.82, 2.24) is 10.2 Å². The summed E-state index contributed by atoms with van der Waals surface area (Å²) in [4.78, 5) is 1.59. The van der Waals surface area contributed by atoms with Gasteiger partial charge in [-0.05, 0) is 13.8 Å². The number of hydrogen-bond acceptors (Lipinski definition) is 4. The predicted octanol–water partition coefficient (Wildman–Crippen LogP) is -0.412. The number of nitrogens with zero attached hydrogens (tertiary/aromatic N) is 2. The summed E-state index contributed by atoms with van der Waals surface area (Å²) >= 11 is 1.49. The minimum atomic E-state index is 0.574. The van der Waals surface area contributed by atoms with Crippen molar-refractivity contribution in [2.45, 2.75) is 20.3 Å². The van der Waals surface area contributed by atoms with Gasteiger partial charge in [0.05, 0.1) is 26.1 Å². The molecule has 0 aromatic carbocycles. The number of likely N-dealkylation sites (N-methyl/N-ethyl adjacent to an activating group) is 1. The third kappa shape index (κ3) is 3.28. The Labute approximate surface area is 82.8 Å². The van der Waals surface area contributed by atoms with Gasteiger partial charge in [0.2, 0.25) is 5.13 Å². The molecule has 3 N–H and O–H groups in total. The van der Waals surface area contributed by atoms with E-state index in [1.54, 1.807) is 4.90 Å². The zero-order valence-electron chi connectivity index (χ0n) is 8.21. The van der Waals surface area contributed by atoms with Gasteiger partial charge in [-0.15, -0.1) is 10.2 Å². The Morgan fingerprint density at radius 2 is 2.00 bits per heavy atom. The molecule has 1 aromatic heterocycles. The standard InChI is InChI=1S/C8H16N4S/c1-3-12(4-2)6-5-7-10-11-8(9)13-7/h3-6H2,1-2H3,(H2,9,11)/p+1. The normalized spacial score (nSPS) is 11.0. The lowest BCUT2D eigenvalue weighted by Gasteiger charge is -2.13. The number of aromatic nitrogens is 2. The molecule has 0 aliphatic heterocycles. The number of hydrogen-bond donors (Lipinski definition) is 2. The molecule has 4 nitrogen and oxygen atoms in total. The van der Waals surface area contributed by atoms with Gasteiger partial charge in [0.15, 0.2) is 0 Å². The summed E-state index contributed by atoms with van der Waals surface area (Å²) in [7, 11) is 0. The number of nitrogens with one attached hydrogen (secondary N) is 1. The molecule has 0 radical (unpaired) electrons. The van der Waals surface area contributed by atoms with Crippen molar-refractivity contribution in [2.75, 3.05) is 25.4 Å². The fourth-order valence-corrected chi connectivity index (χ4v) is 1.86. The highest BCUT2D eigenvalue weighted by molar-refractivity contribution is 7.15. The highest BCUT2D eigenvalue weighted by Gasteiger charge is 2.06. The molecule has 0 amide bonds. The fraction of sp³-hybridized carbons (Fsp3) is 0.750. The average molecular weight is 201 g/mol. The molecule has 13 heavy (non-hydrogen) atoms. The molecule has 0 aliphatic rings. The quantitative estimate of drug-likeness (QED) is 0.681. The Morgan fingerprint density at radius 3 is 2.46 bits per heavy atom. The van der Waals surface area contributed by atoms with Crippen LogP contribution in [-0.4, -0.2) is 29.8 Å². The van der Waals surface area contributed by atoms with Crippen LogP contribution in [-0.2, 0) is 6.42 Å². The van der Waals surface area contributed by atoms with Crippen LogP contribution in [0.1, 0.15) is 18.9 Å². The molecule has 1 heterocycles. The Kier molecular flexibility index (Phi) is 4.11. The Hall–Kier alpha value is -0.680. The maximum Gasteiger partial charge on any atom is 0.203 e. The van der Waals surface area contributed by atoms with Crippen molar-refractivity contribution in [3.8, 4) is 0 Å². The van der Waals surface area contributed by atoms with Gasteiger partial charge < -0.3 is 10.6 Å². The van der Waals surface area contributed by atoms with E-state index in [-0.39, 0.29) is 0 Å². The molecule has 0 saturated heterocycles. The van der Waals surface area contributed by atoms with Crippen LogP contribution in [0.3, 0.4) is 0 Å². The average Bonchev–Trinajstić information content (AvgIpc) is 2.53. The summed E-state index contributed by atoms with van der Waals surface area (Å²) in [5.41, 5.74) is 5.49. The van der Waals surface area contributed by atoms with Gasteiger partial charge in [-0.1, -0.05) is 11.3 Å². The van der Waals surface area contributed by atoms with Crippen molar-refractivity contribution in [1.29, 1.82) is 0 Å². The lowest BCUT2D eigenvalue weighted by Crippen LogP contribution is -3.11. The summed E-state index contributed by atoms with van der Waals surface area (Å²) < 4.78 is 0. The minimum absolute atomic E-state index is 0.574. The highest BCUT2D eigenvalue weighted by atomic mass is 32.1. The molecular weight excluding hydrogens is 184 g/mol. The third-order valence-electron chi connectivity index (χ3n) is 2.17. The molecule has 1 rings (SSSR count). The van der Waals surface area contributed by atoms with E-state index in [1.165, 1.54) is 24.4 Å². The molecule has 0 unspecified atom stereocenters. The second kappa shape index (κ2) is 5.14. The lowest BCUT2D eigenvalue weighted by molar-refractivity contribution is -0.896. The monoisotopic (exact) mass is 201 g/mol. The Balaban J connectivity index is 2.33. The van der Waals surface area contributed by atoms with E-state index in [2.05, 4.69) is 24.0 Å². The zero-order chi connectivity index (χ0) is 9.68. The summed E-state index contributed by atoms with van der Waals surface area (Å²) in [6, 6.07) is 0. The SMILES string of the molecule is CC[NH+](CC)CCc1nnc(N)s1. The van der Waals surface area contributed by atoms with E-state index < -0.39 is 0 Å². The van der Waals surface area contributed by atoms with Crippen molar-refractivity contribution >= 4 is 16.5 Å². The van der Waals surface area contributed by atoms with E-state index >= 15 is 0 Å². The molecule has 0 saturated carbocycles. The molecule has 5 heteroatoms. The summed E-state index contributed by atoms with van der Waals surface area (Å²) in [6.45, 7) is 7.87. The van der Waals surface area contributed by atoms with E-state index in [1.807, 2.05) is 0 Å². The topological polar surface area (TPSA) is 56.2 Å². The largest absolute Gasteiger partial charge is 0.374 e. The van der Waals surface area contributed by atoms with Crippen molar-refractivity contribution < 1.29 is 4.90 Å². The van der Waals surface area contributed by atoms with Crippen LogP contribution in [0, 0.1) is 0 Å². The van der Waals surface area contributed by atoms with Gasteiger partial charge in [0.1, 0.15) is 5.01 Å². The van der Waals surface area contributed by atoms with Crippen LogP contribution in [0.4, 0.5) is 5.13 Å². The second-order valence-electron chi connectivity index (χ2n) is 2.99. The van der Waals surface area contributed by atoms with E-state index in [4.69, 9.17) is 5.73 Å². The van der Waals surface area contributed by atoms with Crippen LogP contribution in [0.2, 0.25) is 0 Å². The van der Waals surface area contributed by atoms with Gasteiger partial charge in [-0.2, -0.15) is 0 Å². The van der Waals surface area contributed by atoms with Gasteiger partial charge >= 0.3 is 0 Å². The van der Waals surface area contributed by atoms with Crippen LogP contribution in [0.5, 0.6) is 0 Å². The molecule has 0 atom stereocenters. The first kappa shape index (κ1) is 10.4. The van der Waals surface area contributed by atoms with Crippen molar-refractivity contribution in [3.63, 3.8) is 0 Å². The number of anilines is 1. The summed E-state index contributed by atoms with van der Waals surface area (Å²) in [5, 5.41) is 9.40. The zero-order valence-corrected chi connectivity index (χ0v) is 9.02. The maximum atomic E-state index is 5.49. The van der Waals surface area contributed by atoms with Crippen molar-refractivity contribution in [2.24, 2.45) is 0 Å². The predicted molar refractivity (Wildman–Crippen MR) is 54.9 cm³/mol. The van der Waals surface area contributed by atoms with Crippen LogP contribution in [0.25, 0.3) is 0 Å². The minimum Gasteiger partial charge on any atom is -0.374 e. The van der Waals surface area contributed by atoms with Crippen LogP contribution >= 0.6 is 11.3 Å². The van der Waals surface area contributed by atoms with E-state index in [9.17, 15) is 0 Å². The smallest absolute Gasteiger partial charge is 0.203 e. The number of nitrogens with two attached hydrogens (primary N) is 1. The van der Waals surface area contributed by atoms with Gasteiger partial charge in [-0.3, -0.25) is 0 Å². The molecule has 0 aliphatic carbocycles. The molecular formula is C8H17N4S+. The Morgan fingerprint density at radius 1 is 1.31 bits per heavy atom. The molecule has 0 bridgehead atoms. The van der Waals surface area contributed by atoms with Gasteiger partial charge in [-0.25, -0.2) is 0 Å². The molecule has 74 valence electrons. The second-order valence-corrected chi connectivity index (χ2v) is 4.08. The number of quaternary nitrogens is 1. The lowest BCUT2D eigenvalue weighted by atomic mass is 10.4. The Bertz CT molecular complexity index is 244. The molecule has 1 aromatic rings. The van der Waals surface area contributed by atoms with Crippen molar-refractivity contribution in [3.05, 3.63) is 5.01 Å². The highest BCUT2D eigenvalue weighted by Crippen LogP contribution is 2.10. The van der Waals surface area contributed by atoms with Gasteiger partial charge in [0.25, 0.3) is 0 Å². The third-order valence-corrected chi connectivity index (χ3v) is 2.99. The van der Waals surface area contributed by atoms with Crippen LogP contribution < -0.4 is 10.6 Å². The number of rotatable bonds is 5. The van der Waals surface area contributed by atoms with E-state index in [0.717, 1.165) is 18.0 Å². The first-order valence-electron chi connectivity index (χ1n) is 4.67.